The minimum atomic E-state index is -3.84. The summed E-state index contributed by atoms with van der Waals surface area (Å²) >= 11 is 0. The van der Waals surface area contributed by atoms with Crippen LogP contribution < -0.4 is 15.8 Å². The predicted octanol–water partition coefficient (Wildman–Crippen LogP) is 2.45. The first-order valence-electron chi connectivity index (χ1n) is 10.9. The molecule has 0 radical (unpaired) electrons. The Kier molecular flexibility index (Phi) is 7.80. The SMILES string of the molecule is CCN(CC)S(=O)(=O)c1cc(C(=O)Nc2ccc3oc(=O)n(CCN(C)C)c3c2)ccc1OC. The zero-order chi connectivity index (χ0) is 25.0. The van der Waals surface area contributed by atoms with E-state index in [4.69, 9.17) is 9.15 Å². The van der Waals surface area contributed by atoms with Crippen LogP contribution in [-0.2, 0) is 16.6 Å². The van der Waals surface area contributed by atoms with Gasteiger partial charge in [0.15, 0.2) is 5.58 Å². The second kappa shape index (κ2) is 10.4. The van der Waals surface area contributed by atoms with Gasteiger partial charge in [0, 0.05) is 37.4 Å². The Morgan fingerprint density at radius 2 is 1.82 bits per heavy atom. The van der Waals surface area contributed by atoms with Gasteiger partial charge in [-0.2, -0.15) is 4.31 Å². The van der Waals surface area contributed by atoms with Gasteiger partial charge >= 0.3 is 5.76 Å². The van der Waals surface area contributed by atoms with Gasteiger partial charge in [-0.3, -0.25) is 9.36 Å². The molecule has 0 atom stereocenters. The highest BCUT2D eigenvalue weighted by molar-refractivity contribution is 7.89. The fourth-order valence-corrected chi connectivity index (χ4v) is 5.22. The van der Waals surface area contributed by atoms with Crippen LogP contribution in [0.2, 0.25) is 0 Å². The number of amides is 1. The lowest BCUT2D eigenvalue weighted by molar-refractivity contribution is 0.102. The number of anilines is 1. The molecule has 0 saturated heterocycles. The fourth-order valence-electron chi connectivity index (χ4n) is 3.58. The van der Waals surface area contributed by atoms with E-state index in [2.05, 4.69) is 5.32 Å². The number of likely N-dealkylation sites (N-methyl/N-ethyl adjacent to an activating group) is 1. The van der Waals surface area contributed by atoms with E-state index in [1.807, 2.05) is 19.0 Å². The third-order valence-electron chi connectivity index (χ3n) is 5.45. The minimum absolute atomic E-state index is 0.0749. The van der Waals surface area contributed by atoms with Crippen LogP contribution in [0.3, 0.4) is 0 Å². The Hall–Kier alpha value is -3.15. The van der Waals surface area contributed by atoms with Gasteiger partial charge in [-0.05, 0) is 50.5 Å². The molecular formula is C23H30N4O6S. The lowest BCUT2D eigenvalue weighted by Crippen LogP contribution is -2.31. The molecule has 1 aromatic heterocycles. The van der Waals surface area contributed by atoms with E-state index in [-0.39, 0.29) is 16.2 Å². The summed E-state index contributed by atoms with van der Waals surface area (Å²) in [4.78, 5) is 27.1. The van der Waals surface area contributed by atoms with Crippen LogP contribution in [0.15, 0.2) is 50.5 Å². The third-order valence-corrected chi connectivity index (χ3v) is 7.52. The highest BCUT2D eigenvalue weighted by atomic mass is 32.2. The first kappa shape index (κ1) is 25.5. The van der Waals surface area contributed by atoms with Gasteiger partial charge in [-0.15, -0.1) is 0 Å². The molecule has 0 unspecified atom stereocenters. The number of benzene rings is 2. The summed E-state index contributed by atoms with van der Waals surface area (Å²) in [5.41, 5.74) is 1.58. The van der Waals surface area contributed by atoms with Gasteiger partial charge < -0.3 is 19.4 Å². The smallest absolute Gasteiger partial charge is 0.419 e. The van der Waals surface area contributed by atoms with Crippen molar-refractivity contribution < 1.29 is 22.4 Å². The topological polar surface area (TPSA) is 114 Å². The first-order valence-corrected chi connectivity index (χ1v) is 12.3. The third kappa shape index (κ3) is 5.16. The number of nitrogens with zero attached hydrogens (tertiary/aromatic N) is 3. The van der Waals surface area contributed by atoms with Crippen molar-refractivity contribution >= 4 is 32.7 Å². The maximum absolute atomic E-state index is 13.1. The summed E-state index contributed by atoms with van der Waals surface area (Å²) in [5, 5.41) is 2.77. The molecule has 184 valence electrons. The van der Waals surface area contributed by atoms with Crippen molar-refractivity contribution in [2.24, 2.45) is 0 Å². The summed E-state index contributed by atoms with van der Waals surface area (Å²) < 4.78 is 39.5. The van der Waals surface area contributed by atoms with Crippen molar-refractivity contribution in [2.75, 3.05) is 46.2 Å². The van der Waals surface area contributed by atoms with Crippen molar-refractivity contribution in [3.8, 4) is 5.75 Å². The van der Waals surface area contributed by atoms with E-state index in [1.54, 1.807) is 32.0 Å². The Labute approximate surface area is 198 Å². The van der Waals surface area contributed by atoms with E-state index in [9.17, 15) is 18.0 Å². The molecule has 0 bridgehead atoms. The lowest BCUT2D eigenvalue weighted by atomic mass is 10.2. The largest absolute Gasteiger partial charge is 0.495 e. The maximum atomic E-state index is 13.1. The summed E-state index contributed by atoms with van der Waals surface area (Å²) in [6.45, 7) is 5.14. The van der Waals surface area contributed by atoms with Crippen LogP contribution in [0.5, 0.6) is 5.75 Å². The molecule has 1 amide bonds. The summed E-state index contributed by atoms with van der Waals surface area (Å²) in [6.07, 6.45) is 0. The highest BCUT2D eigenvalue weighted by Gasteiger charge is 2.27. The van der Waals surface area contributed by atoms with Crippen molar-refractivity contribution in [1.29, 1.82) is 0 Å². The molecule has 10 nitrogen and oxygen atoms in total. The maximum Gasteiger partial charge on any atom is 0.419 e. The van der Waals surface area contributed by atoms with Gasteiger partial charge in [0.25, 0.3) is 5.91 Å². The number of rotatable bonds is 10. The van der Waals surface area contributed by atoms with Gasteiger partial charge in [0.05, 0.1) is 12.6 Å². The number of carbonyl (C=O) groups excluding carboxylic acids is 1. The van der Waals surface area contributed by atoms with Crippen LogP contribution in [0, 0.1) is 0 Å². The Balaban J connectivity index is 1.94. The second-order valence-electron chi connectivity index (χ2n) is 7.91. The number of aromatic nitrogens is 1. The van der Waals surface area contributed by atoms with Gasteiger partial charge in [-0.25, -0.2) is 13.2 Å². The van der Waals surface area contributed by atoms with E-state index in [1.165, 1.54) is 34.2 Å². The molecule has 0 saturated carbocycles. The predicted molar refractivity (Wildman–Crippen MR) is 130 cm³/mol. The number of ether oxygens (including phenoxy) is 1. The van der Waals surface area contributed by atoms with E-state index in [0.717, 1.165) is 0 Å². The first-order chi connectivity index (χ1) is 16.1. The molecule has 1 heterocycles. The van der Waals surface area contributed by atoms with Crippen molar-refractivity contribution in [1.82, 2.24) is 13.8 Å². The normalized spacial score (nSPS) is 12.0. The molecule has 0 fully saturated rings. The van der Waals surface area contributed by atoms with E-state index >= 15 is 0 Å². The average Bonchev–Trinajstić information content (AvgIpc) is 3.11. The zero-order valence-corrected chi connectivity index (χ0v) is 20.8. The number of hydrogen-bond donors (Lipinski definition) is 1. The Bertz CT molecular complexity index is 1340. The van der Waals surface area contributed by atoms with Gasteiger partial charge in [0.2, 0.25) is 10.0 Å². The standard InChI is InChI=1S/C23H30N4O6S/c1-6-26(7-2)34(30,31)21-14-16(8-10-20(21)32-5)22(28)24-17-9-11-19-18(15-17)27(23(29)33-19)13-12-25(3)4/h8-11,14-15H,6-7,12-13H2,1-5H3,(H,24,28). The summed E-state index contributed by atoms with van der Waals surface area (Å²) in [6, 6.07) is 9.16. The van der Waals surface area contributed by atoms with Crippen LogP contribution in [-0.4, -0.2) is 68.9 Å². The summed E-state index contributed by atoms with van der Waals surface area (Å²) in [5.74, 6) is -0.807. The highest BCUT2D eigenvalue weighted by Crippen LogP contribution is 2.28. The molecule has 2 aromatic carbocycles. The Morgan fingerprint density at radius 1 is 1.12 bits per heavy atom. The minimum Gasteiger partial charge on any atom is -0.495 e. The monoisotopic (exact) mass is 490 g/mol. The number of carbonyl (C=O) groups is 1. The van der Waals surface area contributed by atoms with Gasteiger partial charge in [-0.1, -0.05) is 13.8 Å². The van der Waals surface area contributed by atoms with Crippen LogP contribution >= 0.6 is 0 Å². The lowest BCUT2D eigenvalue weighted by Gasteiger charge is -2.20. The molecular weight excluding hydrogens is 460 g/mol. The molecule has 0 aliphatic heterocycles. The van der Waals surface area contributed by atoms with Crippen LogP contribution in [0.4, 0.5) is 5.69 Å². The molecule has 0 aliphatic carbocycles. The molecule has 3 aromatic rings. The number of nitrogens with one attached hydrogen (secondary N) is 1. The second-order valence-corrected chi connectivity index (χ2v) is 9.82. The molecule has 3 rings (SSSR count). The van der Waals surface area contributed by atoms with Crippen molar-refractivity contribution in [3.63, 3.8) is 0 Å². The number of oxazole rings is 1. The summed E-state index contributed by atoms with van der Waals surface area (Å²) in [7, 11) is 1.35. The van der Waals surface area contributed by atoms with Gasteiger partial charge in [0.1, 0.15) is 10.6 Å². The number of hydrogen-bond acceptors (Lipinski definition) is 7. The number of fused-ring (bicyclic) bond motifs is 1. The molecule has 0 aliphatic rings. The average molecular weight is 491 g/mol. The number of sulfonamides is 1. The molecule has 1 N–H and O–H groups in total. The van der Waals surface area contributed by atoms with Crippen molar-refractivity contribution in [2.45, 2.75) is 25.3 Å². The molecule has 11 heteroatoms. The fraction of sp³-hybridized carbons (Fsp3) is 0.391. The Morgan fingerprint density at radius 3 is 2.44 bits per heavy atom. The van der Waals surface area contributed by atoms with E-state index in [0.29, 0.717) is 43.0 Å². The van der Waals surface area contributed by atoms with Crippen LogP contribution in [0.25, 0.3) is 11.1 Å². The van der Waals surface area contributed by atoms with E-state index < -0.39 is 21.7 Å². The quantitative estimate of drug-likeness (QED) is 0.464. The number of methoxy groups -OCH3 is 1. The van der Waals surface area contributed by atoms with Crippen LogP contribution in [0.1, 0.15) is 24.2 Å². The molecule has 34 heavy (non-hydrogen) atoms. The van der Waals surface area contributed by atoms with Crippen molar-refractivity contribution in [3.05, 3.63) is 52.5 Å². The zero-order valence-electron chi connectivity index (χ0n) is 20.0. The molecule has 0 spiro atoms.